The molecule has 0 amide bonds. The number of fused-ring (bicyclic) bond motifs is 4. The van der Waals surface area contributed by atoms with E-state index < -0.39 is 23.5 Å². The number of halogens is 4. The van der Waals surface area contributed by atoms with E-state index in [1.165, 1.54) is 30.3 Å². The van der Waals surface area contributed by atoms with E-state index in [1.54, 1.807) is 6.07 Å². The molecule has 0 aliphatic heterocycles. The van der Waals surface area contributed by atoms with Crippen molar-refractivity contribution in [2.24, 2.45) is 0 Å². The minimum atomic E-state index is -4.39. The van der Waals surface area contributed by atoms with Crippen LogP contribution in [0, 0.1) is 5.82 Å². The summed E-state index contributed by atoms with van der Waals surface area (Å²) < 4.78 is 52.3. The number of nitrogens with zero attached hydrogens (tertiary/aromatic N) is 1. The highest BCUT2D eigenvalue weighted by molar-refractivity contribution is 6.06. The lowest BCUT2D eigenvalue weighted by Crippen LogP contribution is -2.13. The van der Waals surface area contributed by atoms with Gasteiger partial charge in [0.05, 0.1) is 22.3 Å². The summed E-state index contributed by atoms with van der Waals surface area (Å²) >= 11 is 0. The van der Waals surface area contributed by atoms with E-state index in [1.807, 2.05) is 12.1 Å². The topological polar surface area (TPSA) is 50.2 Å². The normalized spacial score (nSPS) is 13.0. The number of aromatic nitrogens is 1. The molecule has 0 unspecified atom stereocenters. The Kier molecular flexibility index (Phi) is 4.51. The minimum Gasteiger partial charge on any atom is -0.478 e. The molecule has 32 heavy (non-hydrogen) atoms. The van der Waals surface area contributed by atoms with Gasteiger partial charge in [-0.1, -0.05) is 30.3 Å². The van der Waals surface area contributed by atoms with Gasteiger partial charge in [0.2, 0.25) is 0 Å². The molecule has 0 saturated carbocycles. The third-order valence-electron chi connectivity index (χ3n) is 5.81. The SMILES string of the molecule is O=C(O)c1c2c(nc3ccc(F)cc13)-c1ccc(-c3ccc(C(F)(F)F)cc3)cc1CC2. The Labute approximate surface area is 180 Å². The van der Waals surface area contributed by atoms with E-state index in [4.69, 9.17) is 0 Å². The van der Waals surface area contributed by atoms with E-state index in [2.05, 4.69) is 4.98 Å². The first-order chi connectivity index (χ1) is 15.2. The van der Waals surface area contributed by atoms with Crippen LogP contribution in [-0.2, 0) is 19.0 Å². The van der Waals surface area contributed by atoms with Crippen molar-refractivity contribution in [1.82, 2.24) is 4.98 Å². The highest BCUT2D eigenvalue weighted by Crippen LogP contribution is 2.39. The summed E-state index contributed by atoms with van der Waals surface area (Å²) in [6.45, 7) is 0. The van der Waals surface area contributed by atoms with Crippen molar-refractivity contribution in [3.05, 3.63) is 88.7 Å². The number of hydrogen-bond donors (Lipinski definition) is 1. The molecule has 4 aromatic rings. The number of aromatic carboxylic acids is 1. The molecule has 1 N–H and O–H groups in total. The van der Waals surface area contributed by atoms with Gasteiger partial charge >= 0.3 is 12.1 Å². The van der Waals surface area contributed by atoms with Crippen molar-refractivity contribution in [2.45, 2.75) is 19.0 Å². The number of carboxylic acids is 1. The van der Waals surface area contributed by atoms with Crippen LogP contribution in [0.4, 0.5) is 17.6 Å². The van der Waals surface area contributed by atoms with Gasteiger partial charge in [-0.3, -0.25) is 0 Å². The van der Waals surface area contributed by atoms with Gasteiger partial charge in [0.25, 0.3) is 0 Å². The van der Waals surface area contributed by atoms with Crippen molar-refractivity contribution < 1.29 is 27.5 Å². The fourth-order valence-electron chi connectivity index (χ4n) is 4.31. The maximum atomic E-state index is 13.8. The van der Waals surface area contributed by atoms with Gasteiger partial charge in [-0.05, 0) is 65.4 Å². The van der Waals surface area contributed by atoms with E-state index in [9.17, 15) is 27.5 Å². The lowest BCUT2D eigenvalue weighted by atomic mass is 9.84. The van der Waals surface area contributed by atoms with Crippen LogP contribution < -0.4 is 0 Å². The number of carbonyl (C=O) groups is 1. The summed E-state index contributed by atoms with van der Waals surface area (Å²) in [4.78, 5) is 16.6. The van der Waals surface area contributed by atoms with Crippen molar-refractivity contribution >= 4 is 16.9 Å². The van der Waals surface area contributed by atoms with E-state index >= 15 is 0 Å². The molecule has 7 heteroatoms. The van der Waals surface area contributed by atoms with Crippen molar-refractivity contribution in [3.8, 4) is 22.4 Å². The van der Waals surface area contributed by atoms with Crippen LogP contribution in [0.15, 0.2) is 60.7 Å². The summed E-state index contributed by atoms with van der Waals surface area (Å²) in [6, 6.07) is 14.4. The summed E-state index contributed by atoms with van der Waals surface area (Å²) in [5, 5.41) is 10.1. The van der Waals surface area contributed by atoms with Crippen LogP contribution in [0.1, 0.15) is 27.0 Å². The number of rotatable bonds is 2. The molecule has 5 rings (SSSR count). The number of pyridine rings is 1. The average Bonchev–Trinajstić information content (AvgIpc) is 2.76. The van der Waals surface area contributed by atoms with Crippen LogP contribution in [0.2, 0.25) is 0 Å². The zero-order chi connectivity index (χ0) is 22.6. The highest BCUT2D eigenvalue weighted by Gasteiger charge is 2.30. The Morgan fingerprint density at radius 2 is 1.62 bits per heavy atom. The van der Waals surface area contributed by atoms with Crippen molar-refractivity contribution in [1.29, 1.82) is 0 Å². The molecule has 3 nitrogen and oxygen atoms in total. The predicted octanol–water partition coefficient (Wildman–Crippen LogP) is 6.52. The first-order valence-corrected chi connectivity index (χ1v) is 9.89. The number of hydrogen-bond acceptors (Lipinski definition) is 2. The third kappa shape index (κ3) is 3.30. The van der Waals surface area contributed by atoms with Crippen molar-refractivity contribution in [3.63, 3.8) is 0 Å². The Morgan fingerprint density at radius 1 is 0.906 bits per heavy atom. The standard InChI is InChI=1S/C25H15F4NO2/c26-17-7-10-21-20(12-17)22(24(31)32)19-9-4-15-11-14(3-8-18(15)23(19)30-21)13-1-5-16(6-2-13)25(27,28)29/h1-3,5-8,10-12H,4,9H2,(H,31,32). The van der Waals surface area contributed by atoms with E-state index in [-0.39, 0.29) is 10.9 Å². The van der Waals surface area contributed by atoms with Crippen LogP contribution in [0.25, 0.3) is 33.3 Å². The van der Waals surface area contributed by atoms with E-state index in [0.717, 1.165) is 28.8 Å². The second-order valence-electron chi connectivity index (χ2n) is 7.73. The number of benzene rings is 3. The van der Waals surface area contributed by atoms with Gasteiger partial charge in [0.15, 0.2) is 0 Å². The molecule has 1 aromatic heterocycles. The molecule has 1 aliphatic rings. The largest absolute Gasteiger partial charge is 0.478 e. The van der Waals surface area contributed by atoms with Gasteiger partial charge in [-0.25, -0.2) is 14.2 Å². The molecule has 1 aliphatic carbocycles. The molecule has 1 heterocycles. The molecule has 3 aromatic carbocycles. The molecule has 0 spiro atoms. The second kappa shape index (κ2) is 7.15. The third-order valence-corrected chi connectivity index (χ3v) is 5.81. The first-order valence-electron chi connectivity index (χ1n) is 9.89. The van der Waals surface area contributed by atoms with Gasteiger partial charge in [-0.2, -0.15) is 13.2 Å². The van der Waals surface area contributed by atoms with Crippen LogP contribution in [0.5, 0.6) is 0 Å². The predicted molar refractivity (Wildman–Crippen MR) is 112 cm³/mol. The second-order valence-corrected chi connectivity index (χ2v) is 7.73. The number of alkyl halides is 3. The molecule has 0 bridgehead atoms. The molecule has 160 valence electrons. The van der Waals surface area contributed by atoms with Gasteiger partial charge < -0.3 is 5.11 Å². The zero-order valence-electron chi connectivity index (χ0n) is 16.5. The first kappa shape index (κ1) is 20.2. The lowest BCUT2D eigenvalue weighted by molar-refractivity contribution is -0.137. The highest BCUT2D eigenvalue weighted by atomic mass is 19.4. The fraction of sp³-hybridized carbons (Fsp3) is 0.120. The minimum absolute atomic E-state index is 0.0574. The maximum Gasteiger partial charge on any atom is 0.416 e. The Hall–Kier alpha value is -3.74. The molecule has 0 atom stereocenters. The Balaban J connectivity index is 1.63. The maximum absolute atomic E-state index is 13.8. The lowest BCUT2D eigenvalue weighted by Gasteiger charge is -2.22. The molecule has 0 radical (unpaired) electrons. The quantitative estimate of drug-likeness (QED) is 0.363. The van der Waals surface area contributed by atoms with Crippen LogP contribution >= 0.6 is 0 Å². The Morgan fingerprint density at radius 3 is 2.31 bits per heavy atom. The Bertz CT molecular complexity index is 1390. The van der Waals surface area contributed by atoms with E-state index in [0.29, 0.717) is 35.2 Å². The van der Waals surface area contributed by atoms with Crippen molar-refractivity contribution in [2.75, 3.05) is 0 Å². The van der Waals surface area contributed by atoms with Gasteiger partial charge in [0.1, 0.15) is 5.82 Å². The molecular weight excluding hydrogens is 422 g/mol. The number of aryl methyl sites for hydroxylation is 1. The van der Waals surface area contributed by atoms with Gasteiger partial charge in [0, 0.05) is 10.9 Å². The van der Waals surface area contributed by atoms with Crippen LogP contribution in [0.3, 0.4) is 0 Å². The summed E-state index contributed by atoms with van der Waals surface area (Å²) in [5.74, 6) is -1.66. The molecular formula is C25H15F4NO2. The molecule has 0 fully saturated rings. The number of carboxylic acid groups (broad SMARTS) is 1. The van der Waals surface area contributed by atoms with Gasteiger partial charge in [-0.15, -0.1) is 0 Å². The summed E-state index contributed by atoms with van der Waals surface area (Å²) in [6.07, 6.45) is -3.43. The monoisotopic (exact) mass is 437 g/mol. The van der Waals surface area contributed by atoms with Crippen LogP contribution in [-0.4, -0.2) is 16.1 Å². The average molecular weight is 437 g/mol. The summed E-state index contributed by atoms with van der Waals surface area (Å²) in [5.41, 5.74) is 3.97. The summed E-state index contributed by atoms with van der Waals surface area (Å²) in [7, 11) is 0. The molecule has 0 saturated heterocycles. The zero-order valence-corrected chi connectivity index (χ0v) is 16.5. The fourth-order valence-corrected chi connectivity index (χ4v) is 4.31. The smallest absolute Gasteiger partial charge is 0.416 e.